The van der Waals surface area contributed by atoms with Crippen LogP contribution in [0.15, 0.2) is 73.2 Å². The van der Waals surface area contributed by atoms with Crippen LogP contribution in [0.3, 0.4) is 0 Å². The van der Waals surface area contributed by atoms with E-state index in [1.54, 1.807) is 0 Å². The predicted octanol–water partition coefficient (Wildman–Crippen LogP) is 7.30. The molecule has 35 heavy (non-hydrogen) atoms. The van der Waals surface area contributed by atoms with Crippen molar-refractivity contribution in [2.75, 3.05) is 6.61 Å². The standard InChI is InChI=1S/C29H28N4O.ClH/c1-3-32-27-18-21(10-11-23(27)25-13-15-31-20(2)29(25)32)34-17-7-6-16-33-26-9-5-4-8-22(26)24-12-14-30-19-28(24)33;/h4-5,8-15,18-19H,3,6-7,16-17H2,1-2H3;1H. The van der Waals surface area contributed by atoms with E-state index in [2.05, 4.69) is 87.5 Å². The van der Waals surface area contributed by atoms with Crippen LogP contribution in [-0.4, -0.2) is 25.7 Å². The van der Waals surface area contributed by atoms with Crippen molar-refractivity contribution in [2.45, 2.75) is 39.8 Å². The maximum Gasteiger partial charge on any atom is 0.121 e. The van der Waals surface area contributed by atoms with E-state index in [0.29, 0.717) is 6.61 Å². The third-order valence-corrected chi connectivity index (χ3v) is 6.86. The van der Waals surface area contributed by atoms with Gasteiger partial charge in [0.1, 0.15) is 5.75 Å². The van der Waals surface area contributed by atoms with Gasteiger partial charge >= 0.3 is 0 Å². The Labute approximate surface area is 210 Å². The van der Waals surface area contributed by atoms with Gasteiger partial charge in [-0.3, -0.25) is 9.97 Å². The van der Waals surface area contributed by atoms with Crippen LogP contribution in [0, 0.1) is 6.92 Å². The molecule has 5 nitrogen and oxygen atoms in total. The first kappa shape index (κ1) is 23.2. The molecule has 0 atom stereocenters. The highest BCUT2D eigenvalue weighted by Gasteiger charge is 2.13. The van der Waals surface area contributed by atoms with Gasteiger partial charge in [0.25, 0.3) is 0 Å². The van der Waals surface area contributed by atoms with Crippen LogP contribution in [0.1, 0.15) is 25.5 Å². The van der Waals surface area contributed by atoms with Crippen LogP contribution >= 0.6 is 12.4 Å². The quantitative estimate of drug-likeness (QED) is 0.223. The van der Waals surface area contributed by atoms with E-state index in [0.717, 1.165) is 37.4 Å². The Morgan fingerprint density at radius 1 is 0.800 bits per heavy atom. The molecule has 4 aromatic heterocycles. The molecule has 6 aromatic rings. The second-order valence-corrected chi connectivity index (χ2v) is 8.83. The van der Waals surface area contributed by atoms with Gasteiger partial charge in [0.15, 0.2) is 0 Å². The normalized spacial score (nSPS) is 11.5. The lowest BCUT2D eigenvalue weighted by Crippen LogP contribution is -2.02. The molecule has 0 amide bonds. The predicted molar refractivity (Wildman–Crippen MR) is 147 cm³/mol. The molecule has 0 saturated heterocycles. The lowest BCUT2D eigenvalue weighted by molar-refractivity contribution is 0.304. The third-order valence-electron chi connectivity index (χ3n) is 6.86. The summed E-state index contributed by atoms with van der Waals surface area (Å²) in [5.41, 5.74) is 5.97. The number of nitrogens with zero attached hydrogens (tertiary/aromatic N) is 4. The van der Waals surface area contributed by atoms with Crippen LogP contribution in [0.5, 0.6) is 5.75 Å². The zero-order valence-electron chi connectivity index (χ0n) is 20.1. The minimum atomic E-state index is 0. The number of benzene rings is 2. The molecular formula is C29H29ClN4O. The van der Waals surface area contributed by atoms with E-state index >= 15 is 0 Å². The van der Waals surface area contributed by atoms with E-state index < -0.39 is 0 Å². The maximum atomic E-state index is 6.18. The number of ether oxygens (including phenoxy) is 1. The Kier molecular flexibility index (Phi) is 6.35. The molecule has 0 unspecified atom stereocenters. The van der Waals surface area contributed by atoms with Gasteiger partial charge < -0.3 is 13.9 Å². The van der Waals surface area contributed by atoms with Gasteiger partial charge in [0.2, 0.25) is 0 Å². The summed E-state index contributed by atoms with van der Waals surface area (Å²) in [5.74, 6) is 0.927. The van der Waals surface area contributed by atoms with Crippen LogP contribution in [0.25, 0.3) is 43.6 Å². The van der Waals surface area contributed by atoms with Crippen LogP contribution in [0.2, 0.25) is 0 Å². The number of unbranched alkanes of at least 4 members (excludes halogenated alkanes) is 1. The second kappa shape index (κ2) is 9.59. The van der Waals surface area contributed by atoms with E-state index in [9.17, 15) is 0 Å². The highest BCUT2D eigenvalue weighted by atomic mass is 35.5. The zero-order chi connectivity index (χ0) is 23.1. The molecule has 178 valence electrons. The summed E-state index contributed by atoms with van der Waals surface area (Å²) >= 11 is 0. The lowest BCUT2D eigenvalue weighted by atomic mass is 10.1. The Hall–Kier alpha value is -3.57. The lowest BCUT2D eigenvalue weighted by Gasteiger charge is -2.10. The van der Waals surface area contributed by atoms with Gasteiger partial charge in [-0.05, 0) is 57.0 Å². The molecule has 0 spiro atoms. The fourth-order valence-corrected chi connectivity index (χ4v) is 5.32. The van der Waals surface area contributed by atoms with Crippen molar-refractivity contribution >= 4 is 56.0 Å². The van der Waals surface area contributed by atoms with Crippen LogP contribution < -0.4 is 4.74 Å². The summed E-state index contributed by atoms with van der Waals surface area (Å²) in [6.45, 7) is 6.83. The fourth-order valence-electron chi connectivity index (χ4n) is 5.32. The minimum Gasteiger partial charge on any atom is -0.494 e. The van der Waals surface area contributed by atoms with E-state index in [1.165, 1.54) is 43.6 Å². The molecule has 2 aromatic carbocycles. The van der Waals surface area contributed by atoms with E-state index in [1.807, 2.05) is 18.6 Å². The van der Waals surface area contributed by atoms with E-state index in [-0.39, 0.29) is 12.4 Å². The molecule has 0 bridgehead atoms. The number of pyridine rings is 2. The molecule has 0 radical (unpaired) electrons. The molecule has 0 aliphatic heterocycles. The second-order valence-electron chi connectivity index (χ2n) is 8.83. The van der Waals surface area contributed by atoms with Crippen LogP contribution in [-0.2, 0) is 13.1 Å². The van der Waals surface area contributed by atoms with Gasteiger partial charge in [-0.15, -0.1) is 12.4 Å². The summed E-state index contributed by atoms with van der Waals surface area (Å²) in [5, 5.41) is 5.08. The van der Waals surface area contributed by atoms with Crippen molar-refractivity contribution in [3.63, 3.8) is 0 Å². The number of hydrogen-bond donors (Lipinski definition) is 0. The minimum absolute atomic E-state index is 0. The summed E-state index contributed by atoms with van der Waals surface area (Å²) in [4.78, 5) is 8.87. The number of fused-ring (bicyclic) bond motifs is 6. The van der Waals surface area contributed by atoms with Crippen LogP contribution in [0.4, 0.5) is 0 Å². The largest absolute Gasteiger partial charge is 0.494 e. The van der Waals surface area contributed by atoms with Crippen molar-refractivity contribution < 1.29 is 4.74 Å². The Balaban J connectivity index is 0.00000253. The molecule has 0 N–H and O–H groups in total. The zero-order valence-corrected chi connectivity index (χ0v) is 20.9. The number of halogens is 1. The average Bonchev–Trinajstić information content (AvgIpc) is 3.37. The molecular weight excluding hydrogens is 456 g/mol. The Morgan fingerprint density at radius 3 is 2.49 bits per heavy atom. The molecule has 6 rings (SSSR count). The average molecular weight is 485 g/mol. The van der Waals surface area contributed by atoms with Gasteiger partial charge in [0.05, 0.1) is 35.0 Å². The summed E-state index contributed by atoms with van der Waals surface area (Å²) in [6, 6.07) is 19.3. The molecule has 6 heteroatoms. The van der Waals surface area contributed by atoms with E-state index in [4.69, 9.17) is 4.74 Å². The van der Waals surface area contributed by atoms with Crippen molar-refractivity contribution in [3.05, 3.63) is 78.9 Å². The molecule has 0 aliphatic carbocycles. The van der Waals surface area contributed by atoms with Gasteiger partial charge in [-0.25, -0.2) is 0 Å². The SMILES string of the molecule is CCn1c2cc(OCCCCn3c4ccccc4c4ccncc43)ccc2c2ccnc(C)c21.Cl. The third kappa shape index (κ3) is 3.90. The molecule has 0 aliphatic rings. The highest BCUT2D eigenvalue weighted by Crippen LogP contribution is 2.33. The summed E-state index contributed by atoms with van der Waals surface area (Å²) in [7, 11) is 0. The molecule has 0 saturated carbocycles. The first-order valence-electron chi connectivity index (χ1n) is 12.1. The number of aryl methyl sites for hydroxylation is 3. The number of aromatic nitrogens is 4. The monoisotopic (exact) mass is 484 g/mol. The first-order chi connectivity index (χ1) is 16.8. The molecule has 0 fully saturated rings. The number of hydrogen-bond acceptors (Lipinski definition) is 3. The van der Waals surface area contributed by atoms with Crippen molar-refractivity contribution in [2.24, 2.45) is 0 Å². The van der Waals surface area contributed by atoms with Gasteiger partial charge in [-0.2, -0.15) is 0 Å². The van der Waals surface area contributed by atoms with Crippen molar-refractivity contribution in [1.29, 1.82) is 0 Å². The highest BCUT2D eigenvalue weighted by molar-refractivity contribution is 6.09. The first-order valence-corrected chi connectivity index (χ1v) is 12.1. The Morgan fingerprint density at radius 2 is 1.60 bits per heavy atom. The maximum absolute atomic E-state index is 6.18. The summed E-state index contributed by atoms with van der Waals surface area (Å²) < 4.78 is 10.9. The fraction of sp³-hybridized carbons (Fsp3) is 0.241. The van der Waals surface area contributed by atoms with Gasteiger partial charge in [-0.1, -0.05) is 18.2 Å². The topological polar surface area (TPSA) is 44.9 Å². The van der Waals surface area contributed by atoms with Gasteiger partial charge in [0, 0.05) is 58.6 Å². The van der Waals surface area contributed by atoms with Crippen molar-refractivity contribution in [1.82, 2.24) is 19.1 Å². The molecule has 4 heterocycles. The summed E-state index contributed by atoms with van der Waals surface area (Å²) in [6.07, 6.45) is 7.79. The smallest absolute Gasteiger partial charge is 0.121 e. The van der Waals surface area contributed by atoms with Crippen molar-refractivity contribution in [3.8, 4) is 5.75 Å². The Bertz CT molecular complexity index is 1600. The number of para-hydroxylation sites is 1. The number of rotatable bonds is 7.